The fourth-order valence-electron chi connectivity index (χ4n) is 1.49. The number of thiophene rings is 1. The number of nitrogens with zero attached hydrogens (tertiary/aromatic N) is 1. The van der Waals surface area contributed by atoms with Crippen LogP contribution in [0.4, 0.5) is 0 Å². The summed E-state index contributed by atoms with van der Waals surface area (Å²) in [4.78, 5) is 24.4. The second-order valence-corrected chi connectivity index (χ2v) is 4.53. The predicted octanol–water partition coefficient (Wildman–Crippen LogP) is 0.273. The second kappa shape index (κ2) is 7.67. The van der Waals surface area contributed by atoms with Gasteiger partial charge in [0, 0.05) is 19.2 Å². The molecule has 7 heteroatoms. The van der Waals surface area contributed by atoms with Crippen molar-refractivity contribution in [2.75, 3.05) is 26.3 Å². The Kier molecular flexibility index (Phi) is 6.20. The van der Waals surface area contributed by atoms with E-state index < -0.39 is 5.97 Å². The van der Waals surface area contributed by atoms with Crippen LogP contribution < -0.4 is 0 Å². The number of carboxylic acid groups (broad SMARTS) is 1. The minimum Gasteiger partial charge on any atom is -0.478 e. The van der Waals surface area contributed by atoms with Crippen molar-refractivity contribution in [1.82, 2.24) is 4.90 Å². The molecule has 3 N–H and O–H groups in total. The molecule has 0 bridgehead atoms. The molecule has 0 aliphatic rings. The summed E-state index contributed by atoms with van der Waals surface area (Å²) in [6, 6.07) is 1.65. The van der Waals surface area contributed by atoms with Gasteiger partial charge in [-0.3, -0.25) is 4.79 Å². The number of hydrogen-bond donors (Lipinski definition) is 3. The van der Waals surface area contributed by atoms with Gasteiger partial charge >= 0.3 is 5.97 Å². The molecular weight excluding hydrogens is 270 g/mol. The lowest BCUT2D eigenvalue weighted by Crippen LogP contribution is -2.35. The second-order valence-electron chi connectivity index (χ2n) is 3.62. The fourth-order valence-corrected chi connectivity index (χ4v) is 2.34. The van der Waals surface area contributed by atoms with Crippen LogP contribution in [0.25, 0.3) is 6.08 Å². The van der Waals surface area contributed by atoms with Crippen LogP contribution in [0.5, 0.6) is 0 Å². The van der Waals surface area contributed by atoms with Crippen molar-refractivity contribution in [3.63, 3.8) is 0 Å². The first kappa shape index (κ1) is 15.4. The fraction of sp³-hybridized carbons (Fsp3) is 0.333. The summed E-state index contributed by atoms with van der Waals surface area (Å²) >= 11 is 1.19. The van der Waals surface area contributed by atoms with Crippen LogP contribution in [0.3, 0.4) is 0 Å². The molecule has 0 unspecified atom stereocenters. The highest BCUT2D eigenvalue weighted by molar-refractivity contribution is 7.12. The summed E-state index contributed by atoms with van der Waals surface area (Å²) in [6.45, 7) is -0.145. The average molecular weight is 285 g/mol. The summed E-state index contributed by atoms with van der Waals surface area (Å²) in [5.41, 5.74) is 0.512. The lowest BCUT2D eigenvalue weighted by atomic mass is 10.2. The number of rotatable bonds is 7. The van der Waals surface area contributed by atoms with E-state index in [1.165, 1.54) is 22.3 Å². The molecule has 1 heterocycles. The number of carboxylic acids is 1. The van der Waals surface area contributed by atoms with Gasteiger partial charge in [-0.15, -0.1) is 11.3 Å². The molecule has 0 saturated carbocycles. The zero-order chi connectivity index (χ0) is 14.3. The number of aliphatic hydroxyl groups is 2. The maximum atomic E-state index is 12.2. The van der Waals surface area contributed by atoms with Gasteiger partial charge in [-0.05, 0) is 23.1 Å². The highest BCUT2D eigenvalue weighted by atomic mass is 32.1. The van der Waals surface area contributed by atoms with E-state index in [0.29, 0.717) is 10.4 Å². The first-order valence-electron chi connectivity index (χ1n) is 5.59. The van der Waals surface area contributed by atoms with E-state index in [1.54, 1.807) is 11.4 Å². The summed E-state index contributed by atoms with van der Waals surface area (Å²) in [6.07, 6.45) is 2.31. The molecule has 1 rings (SSSR count). The molecule has 104 valence electrons. The lowest BCUT2D eigenvalue weighted by Gasteiger charge is -2.20. The van der Waals surface area contributed by atoms with E-state index in [4.69, 9.17) is 15.3 Å². The SMILES string of the molecule is O=C(O)C=Cc1ccsc1C(=O)N(CCO)CCO. The first-order chi connectivity index (χ1) is 9.10. The molecular formula is C12H15NO5S. The average Bonchev–Trinajstić information content (AvgIpc) is 2.83. The van der Waals surface area contributed by atoms with Gasteiger partial charge in [-0.25, -0.2) is 4.79 Å². The molecule has 0 aromatic carbocycles. The number of hydrogen-bond acceptors (Lipinski definition) is 5. The zero-order valence-corrected chi connectivity index (χ0v) is 11.0. The monoisotopic (exact) mass is 285 g/mol. The smallest absolute Gasteiger partial charge is 0.328 e. The van der Waals surface area contributed by atoms with Crippen LogP contribution in [0.1, 0.15) is 15.2 Å². The maximum Gasteiger partial charge on any atom is 0.328 e. The number of carbonyl (C=O) groups excluding carboxylic acids is 1. The van der Waals surface area contributed by atoms with Crippen LogP contribution in [0.2, 0.25) is 0 Å². The number of amides is 1. The molecule has 0 saturated heterocycles. The minimum absolute atomic E-state index is 0.124. The Labute approximate surface area is 114 Å². The lowest BCUT2D eigenvalue weighted by molar-refractivity contribution is -0.131. The molecule has 6 nitrogen and oxygen atoms in total. The van der Waals surface area contributed by atoms with E-state index in [2.05, 4.69) is 0 Å². The van der Waals surface area contributed by atoms with Gasteiger partial charge in [0.2, 0.25) is 0 Å². The topological polar surface area (TPSA) is 98.1 Å². The molecule has 1 aromatic heterocycles. The van der Waals surface area contributed by atoms with Gasteiger partial charge in [0.25, 0.3) is 5.91 Å². The minimum atomic E-state index is -1.09. The van der Waals surface area contributed by atoms with Crippen LogP contribution in [-0.4, -0.2) is 58.4 Å². The van der Waals surface area contributed by atoms with Crippen molar-refractivity contribution in [3.8, 4) is 0 Å². The Hall–Kier alpha value is -1.70. The molecule has 0 fully saturated rings. The summed E-state index contributed by atoms with van der Waals surface area (Å²) in [7, 11) is 0. The largest absolute Gasteiger partial charge is 0.478 e. The Balaban J connectivity index is 2.92. The quantitative estimate of drug-likeness (QED) is 0.625. The highest BCUT2D eigenvalue weighted by Gasteiger charge is 2.18. The Bertz CT molecular complexity index is 462. The third-order valence-corrected chi connectivity index (χ3v) is 3.24. The van der Waals surface area contributed by atoms with Crippen molar-refractivity contribution in [1.29, 1.82) is 0 Å². The summed E-state index contributed by atoms with van der Waals surface area (Å²) in [5.74, 6) is -1.42. The van der Waals surface area contributed by atoms with E-state index >= 15 is 0 Å². The predicted molar refractivity (Wildman–Crippen MR) is 71.1 cm³/mol. The number of aliphatic hydroxyl groups excluding tert-OH is 2. The van der Waals surface area contributed by atoms with Crippen LogP contribution in [0, 0.1) is 0 Å². The van der Waals surface area contributed by atoms with E-state index in [1.807, 2.05) is 0 Å². The third kappa shape index (κ3) is 4.47. The van der Waals surface area contributed by atoms with Crippen LogP contribution >= 0.6 is 11.3 Å². The Morgan fingerprint density at radius 1 is 1.26 bits per heavy atom. The summed E-state index contributed by atoms with van der Waals surface area (Å²) in [5, 5.41) is 28.0. The van der Waals surface area contributed by atoms with E-state index in [0.717, 1.165) is 6.08 Å². The number of carbonyl (C=O) groups is 2. The summed E-state index contributed by atoms with van der Waals surface area (Å²) < 4.78 is 0. The molecule has 1 aromatic rings. The molecule has 0 radical (unpaired) electrons. The van der Waals surface area contributed by atoms with Crippen LogP contribution in [-0.2, 0) is 4.79 Å². The number of aliphatic carboxylic acids is 1. The van der Waals surface area contributed by atoms with Crippen molar-refractivity contribution >= 4 is 29.3 Å². The first-order valence-corrected chi connectivity index (χ1v) is 6.47. The highest BCUT2D eigenvalue weighted by Crippen LogP contribution is 2.20. The molecule has 0 aliphatic carbocycles. The van der Waals surface area contributed by atoms with Gasteiger partial charge < -0.3 is 20.2 Å². The van der Waals surface area contributed by atoms with Crippen molar-refractivity contribution in [2.45, 2.75) is 0 Å². The standard InChI is InChI=1S/C12H15NO5S/c14-6-4-13(5-7-15)12(18)11-9(3-8-19-11)1-2-10(16)17/h1-3,8,14-15H,4-7H2,(H,16,17). The zero-order valence-electron chi connectivity index (χ0n) is 10.2. The Morgan fingerprint density at radius 2 is 1.89 bits per heavy atom. The van der Waals surface area contributed by atoms with Gasteiger partial charge in [0.15, 0.2) is 0 Å². The van der Waals surface area contributed by atoms with Gasteiger partial charge in [-0.1, -0.05) is 0 Å². The van der Waals surface area contributed by atoms with E-state index in [-0.39, 0.29) is 32.2 Å². The van der Waals surface area contributed by atoms with Gasteiger partial charge in [0.1, 0.15) is 0 Å². The normalized spacial score (nSPS) is 10.8. The molecule has 0 spiro atoms. The van der Waals surface area contributed by atoms with Crippen molar-refractivity contribution in [2.24, 2.45) is 0 Å². The molecule has 19 heavy (non-hydrogen) atoms. The molecule has 0 aliphatic heterocycles. The Morgan fingerprint density at radius 3 is 2.42 bits per heavy atom. The molecule has 1 amide bonds. The maximum absolute atomic E-state index is 12.2. The van der Waals surface area contributed by atoms with Crippen molar-refractivity contribution < 1.29 is 24.9 Å². The van der Waals surface area contributed by atoms with E-state index in [9.17, 15) is 9.59 Å². The van der Waals surface area contributed by atoms with Gasteiger partial charge in [-0.2, -0.15) is 0 Å². The van der Waals surface area contributed by atoms with Gasteiger partial charge in [0.05, 0.1) is 18.1 Å². The molecule has 0 atom stereocenters. The third-order valence-electron chi connectivity index (χ3n) is 2.32. The van der Waals surface area contributed by atoms with Crippen molar-refractivity contribution in [3.05, 3.63) is 28.0 Å². The van der Waals surface area contributed by atoms with Crippen LogP contribution in [0.15, 0.2) is 17.5 Å².